The summed E-state index contributed by atoms with van der Waals surface area (Å²) in [6, 6.07) is 10.4. The Kier molecular flexibility index (Phi) is 6.34. The van der Waals surface area contributed by atoms with Crippen LogP contribution in [-0.4, -0.2) is 83.6 Å². The first-order chi connectivity index (χ1) is 18.8. The fourth-order valence-corrected chi connectivity index (χ4v) is 6.11. The van der Waals surface area contributed by atoms with E-state index < -0.39 is 6.09 Å². The highest BCUT2D eigenvalue weighted by atomic mass is 16.5. The van der Waals surface area contributed by atoms with Crippen molar-refractivity contribution in [2.45, 2.75) is 57.8 Å². The number of carboxylic acid groups (broad SMARTS) is 1. The van der Waals surface area contributed by atoms with Crippen molar-refractivity contribution in [1.29, 1.82) is 0 Å². The summed E-state index contributed by atoms with van der Waals surface area (Å²) in [4.78, 5) is 19.9. The molecule has 2 aliphatic rings. The minimum absolute atomic E-state index is 0.00223. The zero-order valence-electron chi connectivity index (χ0n) is 22.3. The average Bonchev–Trinajstić information content (AvgIpc) is 3.57. The molecule has 3 atom stereocenters. The number of hydrogen-bond donors (Lipinski definition) is 2. The third kappa shape index (κ3) is 4.24. The number of hydrogen-bond acceptors (Lipinski definition) is 8. The molecule has 5 heterocycles. The van der Waals surface area contributed by atoms with E-state index in [-0.39, 0.29) is 24.2 Å². The predicted octanol–water partition coefficient (Wildman–Crippen LogP) is 3.55. The van der Waals surface area contributed by atoms with Gasteiger partial charge in [0.15, 0.2) is 5.82 Å². The Morgan fingerprint density at radius 3 is 2.67 bits per heavy atom. The Morgan fingerprint density at radius 2 is 1.90 bits per heavy atom. The lowest BCUT2D eigenvalue weighted by atomic mass is 9.99. The van der Waals surface area contributed by atoms with Gasteiger partial charge in [0.25, 0.3) is 0 Å². The molecular formula is C27H33N9O3. The fourth-order valence-electron chi connectivity index (χ4n) is 6.11. The molecular weight excluding hydrogens is 498 g/mol. The standard InChI is InChI=1S/C27H33N9O3/c1-16-14-33(27(37)38)17(2)18(3)34(16)21-6-4-5-19(11-21)23-12-22(25-26(28)29-15-31-36(23)25)24-13-30-32-35(24)20-7-9-39-10-8-20/h4-6,11-13,15-18,20H,7-10,14H2,1-3H3,(H,37,38)(H2,28,29,31). The van der Waals surface area contributed by atoms with Crippen LogP contribution in [0.1, 0.15) is 39.7 Å². The van der Waals surface area contributed by atoms with Crippen LogP contribution in [0.15, 0.2) is 42.9 Å². The van der Waals surface area contributed by atoms with Gasteiger partial charge in [0.05, 0.1) is 29.7 Å². The molecule has 3 N–H and O–H groups in total. The first-order valence-electron chi connectivity index (χ1n) is 13.3. The van der Waals surface area contributed by atoms with E-state index in [0.717, 1.165) is 41.0 Å². The summed E-state index contributed by atoms with van der Waals surface area (Å²) in [6.07, 6.45) is 4.09. The maximum atomic E-state index is 11.8. The molecule has 6 rings (SSSR count). The van der Waals surface area contributed by atoms with E-state index in [9.17, 15) is 9.90 Å². The predicted molar refractivity (Wildman–Crippen MR) is 147 cm³/mol. The quantitative estimate of drug-likeness (QED) is 0.404. The zero-order valence-corrected chi connectivity index (χ0v) is 22.3. The van der Waals surface area contributed by atoms with Gasteiger partial charge >= 0.3 is 6.09 Å². The number of fused-ring (bicyclic) bond motifs is 1. The number of rotatable bonds is 4. The number of amides is 1. The molecule has 0 saturated carbocycles. The Labute approximate surface area is 226 Å². The van der Waals surface area contributed by atoms with Gasteiger partial charge in [-0.15, -0.1) is 5.10 Å². The highest BCUT2D eigenvalue weighted by Gasteiger charge is 2.37. The number of piperazine rings is 1. The summed E-state index contributed by atoms with van der Waals surface area (Å²) in [7, 11) is 0. The number of nitrogen functional groups attached to an aromatic ring is 1. The molecule has 1 amide bonds. The number of aromatic nitrogens is 6. The Bertz CT molecular complexity index is 1510. The van der Waals surface area contributed by atoms with Crippen LogP contribution in [0, 0.1) is 0 Å². The van der Waals surface area contributed by atoms with Crippen LogP contribution >= 0.6 is 0 Å². The fraction of sp³-hybridized carbons (Fsp3) is 0.444. The topological polar surface area (TPSA) is 140 Å². The van der Waals surface area contributed by atoms with Crippen LogP contribution in [0.4, 0.5) is 16.3 Å². The van der Waals surface area contributed by atoms with Gasteiger partial charge in [-0.25, -0.2) is 19.0 Å². The van der Waals surface area contributed by atoms with Crippen molar-refractivity contribution in [3.05, 3.63) is 42.9 Å². The molecule has 2 aliphatic heterocycles. The number of nitrogens with two attached hydrogens (primary N) is 1. The lowest BCUT2D eigenvalue weighted by Gasteiger charge is -2.49. The Hall–Kier alpha value is -4.19. The van der Waals surface area contributed by atoms with Crippen LogP contribution in [-0.2, 0) is 4.74 Å². The third-order valence-electron chi connectivity index (χ3n) is 8.22. The molecule has 12 nitrogen and oxygen atoms in total. The van der Waals surface area contributed by atoms with Gasteiger partial charge < -0.3 is 25.4 Å². The van der Waals surface area contributed by atoms with E-state index in [1.807, 2.05) is 28.3 Å². The molecule has 0 aliphatic carbocycles. The van der Waals surface area contributed by atoms with Crippen LogP contribution in [0.5, 0.6) is 0 Å². The third-order valence-corrected chi connectivity index (χ3v) is 8.22. The number of ether oxygens (including phenoxy) is 1. The van der Waals surface area contributed by atoms with Crippen LogP contribution < -0.4 is 10.6 Å². The molecule has 0 spiro atoms. The van der Waals surface area contributed by atoms with Gasteiger partial charge in [-0.3, -0.25) is 0 Å². The van der Waals surface area contributed by atoms with E-state index in [1.54, 1.807) is 6.20 Å². The van der Waals surface area contributed by atoms with E-state index in [4.69, 9.17) is 10.5 Å². The first-order valence-corrected chi connectivity index (χ1v) is 13.3. The largest absolute Gasteiger partial charge is 0.465 e. The second-order valence-electron chi connectivity index (χ2n) is 10.5. The number of nitrogens with zero attached hydrogens (tertiary/aromatic N) is 8. The van der Waals surface area contributed by atoms with Gasteiger partial charge in [0.1, 0.15) is 11.8 Å². The average molecular weight is 532 g/mol. The Balaban J connectivity index is 1.43. The minimum Gasteiger partial charge on any atom is -0.465 e. The van der Waals surface area contributed by atoms with Gasteiger partial charge in [0, 0.05) is 48.7 Å². The van der Waals surface area contributed by atoms with E-state index in [0.29, 0.717) is 31.1 Å². The maximum Gasteiger partial charge on any atom is 0.407 e. The lowest BCUT2D eigenvalue weighted by molar-refractivity contribution is 0.0662. The smallest absolute Gasteiger partial charge is 0.407 e. The second kappa shape index (κ2) is 9.84. The van der Waals surface area contributed by atoms with Crippen LogP contribution in [0.3, 0.4) is 0 Å². The zero-order chi connectivity index (χ0) is 27.3. The van der Waals surface area contributed by atoms with Crippen molar-refractivity contribution < 1.29 is 14.6 Å². The summed E-state index contributed by atoms with van der Waals surface area (Å²) in [5, 5.41) is 22.9. The van der Waals surface area contributed by atoms with E-state index >= 15 is 0 Å². The minimum atomic E-state index is -0.881. The van der Waals surface area contributed by atoms with Crippen LogP contribution in [0.2, 0.25) is 0 Å². The number of anilines is 2. The van der Waals surface area contributed by atoms with Crippen LogP contribution in [0.25, 0.3) is 28.0 Å². The maximum absolute atomic E-state index is 11.8. The van der Waals surface area contributed by atoms with Gasteiger partial charge in [0.2, 0.25) is 0 Å². The molecule has 4 aromatic rings. The van der Waals surface area contributed by atoms with Gasteiger partial charge in [-0.05, 0) is 51.8 Å². The molecule has 39 heavy (non-hydrogen) atoms. The summed E-state index contributed by atoms with van der Waals surface area (Å²) >= 11 is 0. The highest BCUT2D eigenvalue weighted by molar-refractivity contribution is 5.91. The highest BCUT2D eigenvalue weighted by Crippen LogP contribution is 2.38. The molecule has 204 valence electrons. The molecule has 0 radical (unpaired) electrons. The van der Waals surface area contributed by atoms with Crippen molar-refractivity contribution in [1.82, 2.24) is 34.5 Å². The molecule has 3 unspecified atom stereocenters. The summed E-state index contributed by atoms with van der Waals surface area (Å²) < 4.78 is 9.35. The summed E-state index contributed by atoms with van der Waals surface area (Å²) in [6.45, 7) is 7.93. The van der Waals surface area contributed by atoms with Gasteiger partial charge in [-0.1, -0.05) is 17.3 Å². The van der Waals surface area contributed by atoms with Crippen molar-refractivity contribution in [3.63, 3.8) is 0 Å². The molecule has 3 aromatic heterocycles. The summed E-state index contributed by atoms with van der Waals surface area (Å²) in [5.74, 6) is 0.378. The molecule has 12 heteroatoms. The van der Waals surface area contributed by atoms with Crippen molar-refractivity contribution in [2.75, 3.05) is 30.4 Å². The van der Waals surface area contributed by atoms with Crippen molar-refractivity contribution >= 4 is 23.1 Å². The lowest BCUT2D eigenvalue weighted by Crippen LogP contribution is -2.62. The molecule has 0 bridgehead atoms. The Morgan fingerprint density at radius 1 is 1.10 bits per heavy atom. The number of carbonyl (C=O) groups is 1. The second-order valence-corrected chi connectivity index (χ2v) is 10.5. The number of benzene rings is 1. The molecule has 2 saturated heterocycles. The molecule has 2 fully saturated rings. The normalized spacial score (nSPS) is 22.5. The van der Waals surface area contributed by atoms with E-state index in [1.165, 1.54) is 11.2 Å². The first kappa shape index (κ1) is 25.1. The SMILES string of the molecule is CC1C(C)N(c2cccc(-c3cc(-c4cnnn4C4CCOCC4)c4c(N)ncnn34)c2)C(C)CN1C(=O)O. The van der Waals surface area contributed by atoms with E-state index in [2.05, 4.69) is 57.3 Å². The van der Waals surface area contributed by atoms with Gasteiger partial charge in [-0.2, -0.15) is 5.10 Å². The van der Waals surface area contributed by atoms with Crippen molar-refractivity contribution in [3.8, 4) is 22.5 Å². The molecule has 1 aromatic carbocycles. The summed E-state index contributed by atoms with van der Waals surface area (Å²) in [5.41, 5.74) is 11.7. The monoisotopic (exact) mass is 531 g/mol. The van der Waals surface area contributed by atoms with Crippen molar-refractivity contribution in [2.24, 2.45) is 0 Å².